The molecule has 4 heteroatoms. The van der Waals surface area contributed by atoms with Crippen molar-refractivity contribution < 1.29 is 9.59 Å². The fourth-order valence-electron chi connectivity index (χ4n) is 2.50. The summed E-state index contributed by atoms with van der Waals surface area (Å²) in [7, 11) is 0. The molecule has 0 aromatic heterocycles. The molecule has 1 atom stereocenters. The zero-order chi connectivity index (χ0) is 15.1. The Morgan fingerprint density at radius 2 is 1.95 bits per heavy atom. The maximum Gasteiger partial charge on any atom is 0.260 e. The Morgan fingerprint density at radius 1 is 1.30 bits per heavy atom. The molecule has 108 valence electrons. The Hall–Kier alpha value is -1.16. The van der Waals surface area contributed by atoms with Crippen molar-refractivity contribution in [3.8, 4) is 0 Å². The summed E-state index contributed by atoms with van der Waals surface area (Å²) in [6.07, 6.45) is 0.461. The van der Waals surface area contributed by atoms with Gasteiger partial charge >= 0.3 is 0 Å². The van der Waals surface area contributed by atoms with Crippen LogP contribution >= 0.6 is 15.9 Å². The summed E-state index contributed by atoms with van der Waals surface area (Å²) in [4.78, 5) is 26.0. The van der Waals surface area contributed by atoms with E-state index in [1.165, 1.54) is 4.90 Å². The van der Waals surface area contributed by atoms with Crippen LogP contribution in [0, 0.1) is 18.3 Å². The maximum absolute atomic E-state index is 12.5. The minimum atomic E-state index is -0.189. The Labute approximate surface area is 128 Å². The van der Waals surface area contributed by atoms with Crippen LogP contribution in [0.3, 0.4) is 0 Å². The van der Waals surface area contributed by atoms with E-state index in [2.05, 4.69) is 36.7 Å². The zero-order valence-corrected chi connectivity index (χ0v) is 14.0. The summed E-state index contributed by atoms with van der Waals surface area (Å²) in [5.41, 5.74) is 1.61. The smallest absolute Gasteiger partial charge is 0.260 e. The predicted octanol–water partition coefficient (Wildman–Crippen LogP) is 3.79. The molecule has 1 aliphatic rings. The molecule has 1 fully saturated rings. The average Bonchev–Trinajstić information content (AvgIpc) is 2.69. The lowest BCUT2D eigenvalue weighted by molar-refractivity contribution is -0.125. The molecular weight excluding hydrogens is 318 g/mol. The lowest BCUT2D eigenvalue weighted by atomic mass is 9.80. The zero-order valence-electron chi connectivity index (χ0n) is 12.4. The van der Waals surface area contributed by atoms with E-state index in [0.29, 0.717) is 18.5 Å². The van der Waals surface area contributed by atoms with E-state index in [1.54, 1.807) is 6.07 Å². The molecule has 2 amide bonds. The second-order valence-electron chi connectivity index (χ2n) is 6.59. The molecule has 0 spiro atoms. The van der Waals surface area contributed by atoms with Gasteiger partial charge < -0.3 is 0 Å². The minimum absolute atomic E-state index is 0.0396. The predicted molar refractivity (Wildman–Crippen MR) is 82.5 cm³/mol. The highest BCUT2D eigenvalue weighted by atomic mass is 79.9. The average molecular weight is 338 g/mol. The van der Waals surface area contributed by atoms with E-state index in [4.69, 9.17) is 0 Å². The second kappa shape index (κ2) is 5.32. The van der Waals surface area contributed by atoms with Crippen molar-refractivity contribution >= 4 is 27.7 Å². The van der Waals surface area contributed by atoms with Crippen LogP contribution in [0.15, 0.2) is 22.7 Å². The van der Waals surface area contributed by atoms with E-state index in [9.17, 15) is 9.59 Å². The molecule has 1 heterocycles. The first-order chi connectivity index (χ1) is 9.18. The van der Waals surface area contributed by atoms with Crippen molar-refractivity contribution in [1.82, 2.24) is 4.90 Å². The molecule has 0 N–H and O–H groups in total. The van der Waals surface area contributed by atoms with Crippen molar-refractivity contribution in [3.63, 3.8) is 0 Å². The van der Waals surface area contributed by atoms with Crippen LogP contribution in [0.1, 0.15) is 43.1 Å². The Balaban J connectivity index is 2.24. The molecule has 1 aromatic rings. The van der Waals surface area contributed by atoms with Gasteiger partial charge in [-0.05, 0) is 42.0 Å². The van der Waals surface area contributed by atoms with Gasteiger partial charge in [0.2, 0.25) is 5.91 Å². The number of likely N-dealkylation sites (tertiary alicyclic amines) is 1. The first-order valence-electron chi connectivity index (χ1n) is 6.80. The molecule has 0 radical (unpaired) electrons. The number of imide groups is 1. The van der Waals surface area contributed by atoms with Gasteiger partial charge in [-0.25, -0.2) is 0 Å². The van der Waals surface area contributed by atoms with Gasteiger partial charge in [0.1, 0.15) is 0 Å². The molecule has 0 aliphatic carbocycles. The molecule has 2 rings (SSSR count). The van der Waals surface area contributed by atoms with Crippen molar-refractivity contribution in [2.24, 2.45) is 11.3 Å². The van der Waals surface area contributed by atoms with E-state index in [1.807, 2.05) is 19.1 Å². The number of carbonyl (C=O) groups is 2. The highest BCUT2D eigenvalue weighted by Gasteiger charge is 2.39. The first kappa shape index (κ1) is 15.2. The molecule has 20 heavy (non-hydrogen) atoms. The van der Waals surface area contributed by atoms with Crippen LogP contribution in [-0.2, 0) is 4.79 Å². The summed E-state index contributed by atoms with van der Waals surface area (Å²) in [5.74, 6) is -0.0223. The molecular formula is C16H20BrNO2. The fourth-order valence-corrected chi connectivity index (χ4v) is 3.11. The highest BCUT2D eigenvalue weighted by Crippen LogP contribution is 2.35. The number of nitrogens with zero attached hydrogens (tertiary/aromatic N) is 1. The van der Waals surface area contributed by atoms with Gasteiger partial charge in [0.25, 0.3) is 5.91 Å². The summed E-state index contributed by atoms with van der Waals surface area (Å²) < 4.78 is 0.861. The van der Waals surface area contributed by atoms with Gasteiger partial charge in [0.15, 0.2) is 0 Å². The van der Waals surface area contributed by atoms with Gasteiger partial charge in [-0.1, -0.05) is 36.7 Å². The SMILES string of the molecule is Cc1cc(Br)cc(C(=O)N2CC(C(C)(C)C)CC2=O)c1. The highest BCUT2D eigenvalue weighted by molar-refractivity contribution is 9.10. The number of hydrogen-bond donors (Lipinski definition) is 0. The summed E-state index contributed by atoms with van der Waals surface area (Å²) >= 11 is 3.39. The second-order valence-corrected chi connectivity index (χ2v) is 7.51. The van der Waals surface area contributed by atoms with Crippen LogP contribution in [0.4, 0.5) is 0 Å². The van der Waals surface area contributed by atoms with E-state index in [0.717, 1.165) is 10.0 Å². The molecule has 1 saturated heterocycles. The largest absolute Gasteiger partial charge is 0.278 e. The van der Waals surface area contributed by atoms with Gasteiger partial charge in [0.05, 0.1) is 0 Å². The minimum Gasteiger partial charge on any atom is -0.278 e. The molecule has 3 nitrogen and oxygen atoms in total. The number of hydrogen-bond acceptors (Lipinski definition) is 2. The lowest BCUT2D eigenvalue weighted by Gasteiger charge is -2.26. The molecule has 1 unspecified atom stereocenters. The normalized spacial score (nSPS) is 19.6. The fraction of sp³-hybridized carbons (Fsp3) is 0.500. The third-order valence-electron chi connectivity index (χ3n) is 3.88. The van der Waals surface area contributed by atoms with E-state index >= 15 is 0 Å². The summed E-state index contributed by atoms with van der Waals surface area (Å²) in [6, 6.07) is 5.54. The summed E-state index contributed by atoms with van der Waals surface area (Å²) in [5, 5.41) is 0. The van der Waals surface area contributed by atoms with Gasteiger partial charge in [0, 0.05) is 23.0 Å². The quantitative estimate of drug-likeness (QED) is 0.731. The first-order valence-corrected chi connectivity index (χ1v) is 7.59. The number of aryl methyl sites for hydroxylation is 1. The van der Waals surface area contributed by atoms with Crippen molar-refractivity contribution in [2.45, 2.75) is 34.1 Å². The Bertz CT molecular complexity index is 540. The number of amides is 2. The van der Waals surface area contributed by atoms with Crippen LogP contribution in [0.25, 0.3) is 0 Å². The summed E-state index contributed by atoms with van der Waals surface area (Å²) in [6.45, 7) is 8.80. The number of rotatable bonds is 1. The van der Waals surface area contributed by atoms with Crippen LogP contribution in [-0.4, -0.2) is 23.3 Å². The Kier molecular flexibility index (Phi) is 4.05. The number of carbonyl (C=O) groups excluding carboxylic acids is 2. The third-order valence-corrected chi connectivity index (χ3v) is 4.34. The molecule has 0 bridgehead atoms. The number of benzene rings is 1. The van der Waals surface area contributed by atoms with Gasteiger partial charge in [-0.2, -0.15) is 0 Å². The van der Waals surface area contributed by atoms with Gasteiger partial charge in [-0.15, -0.1) is 0 Å². The van der Waals surface area contributed by atoms with Crippen molar-refractivity contribution in [1.29, 1.82) is 0 Å². The monoisotopic (exact) mass is 337 g/mol. The third kappa shape index (κ3) is 3.11. The van der Waals surface area contributed by atoms with Crippen molar-refractivity contribution in [2.75, 3.05) is 6.54 Å². The number of halogens is 1. The van der Waals surface area contributed by atoms with Crippen LogP contribution in [0.2, 0.25) is 0 Å². The van der Waals surface area contributed by atoms with Crippen molar-refractivity contribution in [3.05, 3.63) is 33.8 Å². The van der Waals surface area contributed by atoms with E-state index in [-0.39, 0.29) is 23.1 Å². The standard InChI is InChI=1S/C16H20BrNO2/c1-10-5-11(7-13(17)6-10)15(20)18-9-12(8-14(18)19)16(2,3)4/h5-7,12H,8-9H2,1-4H3. The Morgan fingerprint density at radius 3 is 2.45 bits per heavy atom. The molecule has 1 aliphatic heterocycles. The maximum atomic E-state index is 12.5. The van der Waals surface area contributed by atoms with Crippen LogP contribution in [0.5, 0.6) is 0 Å². The van der Waals surface area contributed by atoms with E-state index < -0.39 is 0 Å². The lowest BCUT2D eigenvalue weighted by Crippen LogP contribution is -2.33. The topological polar surface area (TPSA) is 37.4 Å². The molecule has 0 saturated carbocycles. The van der Waals surface area contributed by atoms with Gasteiger partial charge in [-0.3, -0.25) is 14.5 Å². The van der Waals surface area contributed by atoms with Crippen LogP contribution < -0.4 is 0 Å². The molecule has 1 aromatic carbocycles.